The van der Waals surface area contributed by atoms with Crippen molar-refractivity contribution in [3.05, 3.63) is 98.8 Å². The number of carboxylic acid groups (broad SMARTS) is 1. The number of carboxylic acids is 1. The number of hydrogen-bond acceptors (Lipinski definition) is 25. The number of benzene rings is 3. The number of hydrogen-bond donors (Lipinski definition) is 12. The highest BCUT2D eigenvalue weighted by atomic mass is 32.2. The van der Waals surface area contributed by atoms with Gasteiger partial charge in [0.05, 0.1) is 41.9 Å². The minimum Gasteiger partial charge on any atom is -0.479 e. The molecule has 3 heterocycles. The van der Waals surface area contributed by atoms with Crippen molar-refractivity contribution in [3.8, 4) is 0 Å². The Hall–Kier alpha value is -6.48. The second-order valence-electron chi connectivity index (χ2n) is 20.6. The maximum absolute atomic E-state index is 14.8. The van der Waals surface area contributed by atoms with Gasteiger partial charge in [-0.25, -0.2) is 14.4 Å². The van der Waals surface area contributed by atoms with E-state index in [1.165, 1.54) is 49.4 Å². The van der Waals surface area contributed by atoms with E-state index in [1.807, 2.05) is 4.98 Å². The Bertz CT molecular complexity index is 3500. The van der Waals surface area contributed by atoms with Crippen molar-refractivity contribution in [2.75, 3.05) is 18.5 Å². The molecule has 466 valence electrons. The normalized spacial score (nSPS) is 28.7. The zero-order chi connectivity index (χ0) is 62.2. The topological polar surface area (TPSA) is 495 Å². The van der Waals surface area contributed by atoms with Crippen LogP contribution in [0.5, 0.6) is 0 Å². The number of carbonyl (C=O) groups excluding carboxylic acids is 3. The summed E-state index contributed by atoms with van der Waals surface area (Å²) in [5.41, 5.74) is -2.91. The number of amides is 1. The molecule has 4 aliphatic rings. The number of aromatic amines is 2. The average molecular weight is 1260 g/mol. The van der Waals surface area contributed by atoms with Crippen LogP contribution in [0.1, 0.15) is 79.1 Å². The molecule has 1 aromatic heterocycles. The minimum atomic E-state index is -5.24. The summed E-state index contributed by atoms with van der Waals surface area (Å²) in [6.45, 7) is -0.362. The van der Waals surface area contributed by atoms with Crippen LogP contribution in [0.4, 0.5) is 5.69 Å². The minimum absolute atomic E-state index is 0.0332. The van der Waals surface area contributed by atoms with Crippen LogP contribution in [-0.4, -0.2) is 202 Å². The van der Waals surface area contributed by atoms with Gasteiger partial charge in [0.2, 0.25) is 0 Å². The highest BCUT2D eigenvalue weighted by Crippen LogP contribution is 2.39. The Morgan fingerprint density at radius 3 is 2.08 bits per heavy atom. The van der Waals surface area contributed by atoms with Crippen LogP contribution in [-0.2, 0) is 68.9 Å². The fourth-order valence-electron chi connectivity index (χ4n) is 10.7. The summed E-state index contributed by atoms with van der Waals surface area (Å²) in [7, 11) is -13.4. The lowest BCUT2D eigenvalue weighted by atomic mass is 9.79. The molecule has 2 aliphatic heterocycles. The molecule has 2 saturated carbocycles. The maximum Gasteiger partial charge on any atom is 0.425 e. The molecule has 15 atom stereocenters. The van der Waals surface area contributed by atoms with Gasteiger partial charge in [0, 0.05) is 23.1 Å². The molecule has 2 saturated heterocycles. The number of ether oxygens (including phenoxy) is 6. The van der Waals surface area contributed by atoms with Crippen LogP contribution >= 0.6 is 0 Å². The van der Waals surface area contributed by atoms with Crippen molar-refractivity contribution in [2.45, 2.75) is 154 Å². The molecule has 2 aliphatic carbocycles. The number of ketones is 1. The third-order valence-electron chi connectivity index (χ3n) is 14.9. The number of aliphatic carboxylic acids is 1. The van der Waals surface area contributed by atoms with Crippen molar-refractivity contribution in [1.82, 2.24) is 15.3 Å². The predicted octanol–water partition coefficient (Wildman–Crippen LogP) is -1.39. The molecule has 3 aromatic carbocycles. The lowest BCUT2D eigenvalue weighted by Crippen LogP contribution is -2.65. The number of nitrogens with one attached hydrogen (secondary N) is 4. The van der Waals surface area contributed by atoms with E-state index < -0.39 is 199 Å². The van der Waals surface area contributed by atoms with E-state index in [0.29, 0.717) is 18.9 Å². The zero-order valence-corrected chi connectivity index (χ0v) is 47.2. The first-order valence-corrected chi connectivity index (χ1v) is 30.2. The van der Waals surface area contributed by atoms with Gasteiger partial charge in [0.15, 0.2) is 30.6 Å². The highest BCUT2D eigenvalue weighted by Gasteiger charge is 2.54. The Labute approximate surface area is 484 Å². The number of anilines is 1. The van der Waals surface area contributed by atoms with Gasteiger partial charge in [-0.3, -0.25) is 28.5 Å². The van der Waals surface area contributed by atoms with Gasteiger partial charge in [0.25, 0.3) is 31.7 Å². The fraction of sp³-hybridized carbons (Fsp3) is 0.529. The van der Waals surface area contributed by atoms with Gasteiger partial charge in [-0.2, -0.15) is 16.8 Å². The molecule has 14 unspecified atom stereocenters. The van der Waals surface area contributed by atoms with E-state index in [2.05, 4.69) is 15.6 Å². The molecule has 4 aromatic rings. The summed E-state index contributed by atoms with van der Waals surface area (Å²) in [5, 5.41) is 70.8. The van der Waals surface area contributed by atoms with Crippen LogP contribution in [0.2, 0.25) is 0 Å². The van der Waals surface area contributed by atoms with Crippen LogP contribution < -0.4 is 21.9 Å². The van der Waals surface area contributed by atoms with Gasteiger partial charge in [-0.15, -0.1) is 12.6 Å². The second-order valence-corrected chi connectivity index (χ2v) is 23.8. The van der Waals surface area contributed by atoms with Crippen LogP contribution in [0, 0.1) is 11.8 Å². The van der Waals surface area contributed by atoms with Gasteiger partial charge in [-0.1, -0.05) is 62.4 Å². The molecular formula is C51H62N4O27S3. The molecule has 8 rings (SSSR count). The van der Waals surface area contributed by atoms with E-state index in [9.17, 15) is 85.3 Å². The lowest BCUT2D eigenvalue weighted by Gasteiger charge is -2.49. The van der Waals surface area contributed by atoms with Crippen LogP contribution in [0.15, 0.2) is 86.1 Å². The van der Waals surface area contributed by atoms with Crippen molar-refractivity contribution < 1.29 is 117 Å². The number of aliphatic hydroxyl groups is 5. The Kier molecular flexibility index (Phi) is 22.0. The monoisotopic (exact) mass is 1260 g/mol. The van der Waals surface area contributed by atoms with E-state index in [1.54, 1.807) is 6.07 Å². The SMILES string of the molecule is CC1OC(OC2C(NC(=O)c3cc(=O)[nH]c(=O)[nH]3)CC(C(=O)CNc3cccc4cc(S(=O)(=O)O)cc(S(=O)(=O)O)c34)CC2OC2OC(CO)C(O)C(O[C@@H](CC3CCCCC3)C(=O)O)C2OC(=O)c2ccccc2)C(O)C(O)C1O.O=S(=O)=O. The Morgan fingerprint density at radius 1 is 0.776 bits per heavy atom. The summed E-state index contributed by atoms with van der Waals surface area (Å²) in [6, 6.07) is 11.8. The van der Waals surface area contributed by atoms with Crippen LogP contribution in [0.3, 0.4) is 0 Å². The summed E-state index contributed by atoms with van der Waals surface area (Å²) >= 11 is 0. The predicted molar refractivity (Wildman–Crippen MR) is 285 cm³/mol. The standard InChI is InChI=1S/C51H62N4O24S2.O3S/c1-23-39(59)41(61)42(62)49(74-23)79-43-30(53-46(63)31-20-37(58)55-51(67)54-31)17-27(32(57)21-52-29-14-8-13-26-16-28(80(68,69)70)19-36(38(26)29)81(71,72)73)18-33(43)76-50-45(78-48(66)25-11-6-3-7-12-25)44(40(60)35(22-56)77-50)75-34(47(64)65)15-24-9-4-2-5-10-24;1-4(2)3/h3,6-8,11-14,16,19-20,23-24,27,30,33-35,39-45,49-50,52,56,59-62H,2,4-5,9-10,15,17-18,21-22H2,1H3,(H,53,63)(H,64,65)(H,68,69,70)(H,71,72,73)(H2,54,55,58,67);/t23?,27?,30?,33?,34-,35?,39?,40?,41?,42?,43?,44?,45?,49?,50?;/m0./s1. The molecular weight excluding hydrogens is 1200 g/mol. The number of aliphatic hydroxyl groups excluding tert-OH is 5. The highest BCUT2D eigenvalue weighted by molar-refractivity contribution is 7.86. The largest absolute Gasteiger partial charge is 0.479 e. The van der Waals surface area contributed by atoms with Gasteiger partial charge < -0.3 is 74.7 Å². The number of fused-ring (bicyclic) bond motifs is 1. The molecule has 1 amide bonds. The zero-order valence-electron chi connectivity index (χ0n) is 44.7. The Balaban J connectivity index is 0.00000251. The van der Waals surface area contributed by atoms with Crippen LogP contribution in [0.25, 0.3) is 10.8 Å². The summed E-state index contributed by atoms with van der Waals surface area (Å²) in [6.07, 6.45) is -20.3. The first-order chi connectivity index (χ1) is 40.0. The molecule has 12 N–H and O–H groups in total. The molecule has 0 spiro atoms. The number of rotatable bonds is 20. The lowest BCUT2D eigenvalue weighted by molar-refractivity contribution is -0.347. The summed E-state index contributed by atoms with van der Waals surface area (Å²) in [5.74, 6) is -5.87. The molecule has 4 fully saturated rings. The molecule has 0 radical (unpaired) electrons. The number of esters is 1. The van der Waals surface area contributed by atoms with Gasteiger partial charge >= 0.3 is 28.2 Å². The molecule has 0 bridgehead atoms. The second kappa shape index (κ2) is 28.4. The van der Waals surface area contributed by atoms with E-state index >= 15 is 0 Å². The number of carbonyl (C=O) groups is 4. The van der Waals surface area contributed by atoms with Gasteiger partial charge in [0.1, 0.15) is 53.3 Å². The van der Waals surface area contributed by atoms with E-state index in [-0.39, 0.29) is 34.4 Å². The summed E-state index contributed by atoms with van der Waals surface area (Å²) in [4.78, 5) is 83.0. The fourth-order valence-corrected chi connectivity index (χ4v) is 12.1. The van der Waals surface area contributed by atoms with Crippen molar-refractivity contribution in [1.29, 1.82) is 0 Å². The van der Waals surface area contributed by atoms with Gasteiger partial charge in [-0.05, 0) is 67.8 Å². The first-order valence-electron chi connectivity index (χ1n) is 26.3. The third kappa shape index (κ3) is 16.7. The molecule has 85 heavy (non-hydrogen) atoms. The van der Waals surface area contributed by atoms with E-state index in [4.69, 9.17) is 41.0 Å². The quantitative estimate of drug-likeness (QED) is 0.0358. The van der Waals surface area contributed by atoms with Crippen molar-refractivity contribution in [3.63, 3.8) is 0 Å². The van der Waals surface area contributed by atoms with Crippen molar-refractivity contribution in [2.24, 2.45) is 11.8 Å². The number of H-pyrrole nitrogens is 2. The molecule has 31 nitrogen and oxygen atoms in total. The first kappa shape index (κ1) is 66.1. The van der Waals surface area contributed by atoms with E-state index in [0.717, 1.165) is 31.4 Å². The number of aromatic nitrogens is 2. The maximum atomic E-state index is 14.8. The smallest absolute Gasteiger partial charge is 0.425 e. The summed E-state index contributed by atoms with van der Waals surface area (Å²) < 4.78 is 132. The Morgan fingerprint density at radius 2 is 1.46 bits per heavy atom. The third-order valence-corrected chi connectivity index (χ3v) is 16.6. The average Bonchev–Trinajstić information content (AvgIpc) is 1.92. The molecule has 34 heteroatoms. The van der Waals surface area contributed by atoms with Crippen molar-refractivity contribution >= 4 is 70.9 Å². The number of Topliss-reactive ketones (excluding diaryl/α,β-unsaturated/α-hetero) is 1.